The lowest BCUT2D eigenvalue weighted by atomic mass is 9.78. The van der Waals surface area contributed by atoms with E-state index in [9.17, 15) is 0 Å². The van der Waals surface area contributed by atoms with E-state index in [2.05, 4.69) is 65.0 Å². The third-order valence-electron chi connectivity index (χ3n) is 3.81. The topological polar surface area (TPSA) is 0 Å². The van der Waals surface area contributed by atoms with Gasteiger partial charge in [-0.3, -0.25) is 0 Å². The van der Waals surface area contributed by atoms with Crippen LogP contribution >= 0.6 is 11.8 Å². The normalized spacial score (nSPS) is 19.8. The number of hydrogen-bond donors (Lipinski definition) is 0. The molecule has 0 saturated heterocycles. The molecule has 0 N–H and O–H groups in total. The second-order valence-corrected chi connectivity index (χ2v) is 7.32. The smallest absolute Gasteiger partial charge is 0.0236 e. The van der Waals surface area contributed by atoms with E-state index in [4.69, 9.17) is 0 Å². The Labute approximate surface area is 117 Å². The Morgan fingerprint density at radius 2 is 1.50 bits per heavy atom. The minimum absolute atomic E-state index is 0.209. The van der Waals surface area contributed by atoms with E-state index in [1.54, 1.807) is 0 Å². The molecule has 0 amide bonds. The van der Waals surface area contributed by atoms with E-state index in [1.165, 1.54) is 16.0 Å². The molecule has 2 rings (SSSR count). The summed E-state index contributed by atoms with van der Waals surface area (Å²) in [5, 5.41) is 0. The van der Waals surface area contributed by atoms with E-state index < -0.39 is 0 Å². The number of thioether (sulfide) groups is 1. The molecule has 0 fully saturated rings. The lowest BCUT2D eigenvalue weighted by Crippen LogP contribution is -2.33. The van der Waals surface area contributed by atoms with Crippen molar-refractivity contribution < 1.29 is 0 Å². The average Bonchev–Trinajstić information content (AvgIpc) is 2.36. The van der Waals surface area contributed by atoms with Crippen LogP contribution in [0.4, 0.5) is 0 Å². The van der Waals surface area contributed by atoms with Crippen LogP contribution in [0.3, 0.4) is 0 Å². The lowest BCUT2D eigenvalue weighted by molar-refractivity contribution is 0.374. The molecule has 1 aliphatic rings. The van der Waals surface area contributed by atoms with Gasteiger partial charge in [0.25, 0.3) is 0 Å². The molecule has 1 heteroatoms. The zero-order valence-corrected chi connectivity index (χ0v) is 13.6. The van der Waals surface area contributed by atoms with Gasteiger partial charge in [-0.2, -0.15) is 0 Å². The maximum atomic E-state index is 2.42. The highest BCUT2D eigenvalue weighted by atomic mass is 32.2. The summed E-state index contributed by atoms with van der Waals surface area (Å²) in [6.07, 6.45) is 2.42. The Morgan fingerprint density at radius 3 is 2.11 bits per heavy atom. The van der Waals surface area contributed by atoms with Crippen LogP contribution in [-0.2, 0) is 0 Å². The van der Waals surface area contributed by atoms with Crippen molar-refractivity contribution in [1.29, 1.82) is 0 Å². The molecule has 0 atom stereocenters. The molecule has 1 aliphatic heterocycles. The van der Waals surface area contributed by atoms with Crippen molar-refractivity contribution >= 4 is 17.3 Å². The molecule has 0 bridgehead atoms. The Balaban J connectivity index is 0.000000771. The van der Waals surface area contributed by atoms with Crippen LogP contribution in [0, 0.1) is 5.41 Å². The number of benzene rings is 1. The molecule has 100 valence electrons. The van der Waals surface area contributed by atoms with Crippen molar-refractivity contribution in [2.24, 2.45) is 5.41 Å². The van der Waals surface area contributed by atoms with Crippen LogP contribution in [0.5, 0.6) is 0 Å². The maximum absolute atomic E-state index is 2.42. The standard InChI is InChI=1S/C15H20S.C2H6/c1-11-10-14(2,3)15(4,5)16-13-9-7-6-8-12(11)13;1-2/h6-10H,1-5H3;1-2H3. The summed E-state index contributed by atoms with van der Waals surface area (Å²) < 4.78 is 0.223. The number of hydrogen-bond acceptors (Lipinski definition) is 1. The second kappa shape index (κ2) is 5.52. The van der Waals surface area contributed by atoms with Crippen LogP contribution in [0.1, 0.15) is 54.0 Å². The fourth-order valence-corrected chi connectivity index (χ4v) is 3.44. The lowest BCUT2D eigenvalue weighted by Gasteiger charge is -2.38. The third kappa shape index (κ3) is 2.83. The molecule has 0 aromatic heterocycles. The average molecular weight is 262 g/mol. The minimum atomic E-state index is 0.209. The summed E-state index contributed by atoms with van der Waals surface area (Å²) >= 11 is 1.99. The largest absolute Gasteiger partial charge is 0.118 e. The van der Waals surface area contributed by atoms with Crippen molar-refractivity contribution in [3.63, 3.8) is 0 Å². The Morgan fingerprint density at radius 1 is 0.944 bits per heavy atom. The first-order chi connectivity index (χ1) is 8.33. The highest BCUT2D eigenvalue weighted by molar-refractivity contribution is 8.00. The summed E-state index contributed by atoms with van der Waals surface area (Å²) in [4.78, 5) is 1.41. The molecule has 18 heavy (non-hydrogen) atoms. The zero-order chi connectivity index (χ0) is 14.0. The number of fused-ring (bicyclic) bond motifs is 1. The van der Waals surface area contributed by atoms with Crippen molar-refractivity contribution in [3.8, 4) is 0 Å². The molecule has 0 radical (unpaired) electrons. The first-order valence-electron chi connectivity index (χ1n) is 6.81. The van der Waals surface area contributed by atoms with E-state index in [-0.39, 0.29) is 10.2 Å². The van der Waals surface area contributed by atoms with Crippen LogP contribution in [0.2, 0.25) is 0 Å². The summed E-state index contributed by atoms with van der Waals surface area (Å²) in [5.74, 6) is 0. The number of allylic oxidation sites excluding steroid dienone is 2. The van der Waals surface area contributed by atoms with Gasteiger partial charge in [0.15, 0.2) is 0 Å². The first-order valence-corrected chi connectivity index (χ1v) is 7.63. The molecule has 0 saturated carbocycles. The zero-order valence-electron chi connectivity index (χ0n) is 12.8. The van der Waals surface area contributed by atoms with Gasteiger partial charge in [0.2, 0.25) is 0 Å². The van der Waals surface area contributed by atoms with Crippen LogP contribution in [0.25, 0.3) is 5.57 Å². The fourth-order valence-electron chi connectivity index (χ4n) is 2.08. The van der Waals surface area contributed by atoms with Gasteiger partial charge in [-0.15, -0.1) is 11.8 Å². The van der Waals surface area contributed by atoms with Gasteiger partial charge in [0.05, 0.1) is 0 Å². The molecule has 0 unspecified atom stereocenters. The van der Waals surface area contributed by atoms with Crippen molar-refractivity contribution in [2.45, 2.75) is 58.1 Å². The molecule has 0 aliphatic carbocycles. The molecular weight excluding hydrogens is 236 g/mol. The summed E-state index contributed by atoms with van der Waals surface area (Å²) in [6, 6.07) is 8.72. The van der Waals surface area contributed by atoms with Gasteiger partial charge in [-0.25, -0.2) is 0 Å². The minimum Gasteiger partial charge on any atom is -0.118 e. The van der Waals surface area contributed by atoms with Crippen molar-refractivity contribution in [2.75, 3.05) is 0 Å². The van der Waals surface area contributed by atoms with E-state index >= 15 is 0 Å². The first kappa shape index (κ1) is 15.4. The quantitative estimate of drug-likeness (QED) is 0.550. The summed E-state index contributed by atoms with van der Waals surface area (Å²) in [7, 11) is 0. The molecule has 1 aromatic carbocycles. The maximum Gasteiger partial charge on any atom is 0.0236 e. The molecule has 1 aromatic rings. The van der Waals surface area contributed by atoms with E-state index in [0.29, 0.717) is 0 Å². The number of rotatable bonds is 0. The van der Waals surface area contributed by atoms with Crippen molar-refractivity contribution in [1.82, 2.24) is 0 Å². The summed E-state index contributed by atoms with van der Waals surface area (Å²) in [6.45, 7) is 15.6. The van der Waals surface area contributed by atoms with Crippen molar-refractivity contribution in [3.05, 3.63) is 35.9 Å². The van der Waals surface area contributed by atoms with Gasteiger partial charge in [0, 0.05) is 9.64 Å². The monoisotopic (exact) mass is 262 g/mol. The van der Waals surface area contributed by atoms with Crippen LogP contribution < -0.4 is 0 Å². The second-order valence-electron chi connectivity index (χ2n) is 5.66. The van der Waals surface area contributed by atoms with Gasteiger partial charge in [-0.1, -0.05) is 52.0 Å². The molecule has 0 nitrogen and oxygen atoms in total. The van der Waals surface area contributed by atoms with Gasteiger partial charge < -0.3 is 0 Å². The van der Waals surface area contributed by atoms with Gasteiger partial charge in [-0.05, 0) is 43.4 Å². The summed E-state index contributed by atoms with van der Waals surface area (Å²) in [5.41, 5.74) is 3.01. The van der Waals surface area contributed by atoms with E-state index in [0.717, 1.165) is 0 Å². The van der Waals surface area contributed by atoms with Crippen LogP contribution in [0.15, 0.2) is 35.2 Å². The van der Waals surface area contributed by atoms with Gasteiger partial charge in [0.1, 0.15) is 0 Å². The van der Waals surface area contributed by atoms with E-state index in [1.807, 2.05) is 25.6 Å². The Kier molecular flexibility index (Phi) is 4.72. The highest BCUT2D eigenvalue weighted by Gasteiger charge is 2.38. The molecule has 1 heterocycles. The fraction of sp³-hybridized carbons (Fsp3) is 0.529. The predicted octanol–water partition coefficient (Wildman–Crippen LogP) is 6.03. The van der Waals surface area contributed by atoms with Gasteiger partial charge >= 0.3 is 0 Å². The Hall–Kier alpha value is -0.690. The molecule has 0 spiro atoms. The SMILES string of the molecule is CC.CC1=CC(C)(C)C(C)(C)Sc2ccccc21. The Bertz CT molecular complexity index is 439. The van der Waals surface area contributed by atoms with Crippen LogP contribution in [-0.4, -0.2) is 4.75 Å². The highest BCUT2D eigenvalue weighted by Crippen LogP contribution is 2.51. The predicted molar refractivity (Wildman–Crippen MR) is 85.2 cm³/mol. The molecular formula is C17H26S. The third-order valence-corrected chi connectivity index (χ3v) is 5.42.